The summed E-state index contributed by atoms with van der Waals surface area (Å²) in [5.41, 5.74) is 4.00. The van der Waals surface area contributed by atoms with Gasteiger partial charge in [0.2, 0.25) is 0 Å². The van der Waals surface area contributed by atoms with E-state index in [1.807, 2.05) is 0 Å². The van der Waals surface area contributed by atoms with E-state index >= 15 is 0 Å². The molecular weight excluding hydrogens is 271 g/mol. The third-order valence-corrected chi connectivity index (χ3v) is 2.88. The van der Waals surface area contributed by atoms with Crippen LogP contribution in [0.4, 0.5) is 5.69 Å². The fourth-order valence-electron chi connectivity index (χ4n) is 2.06. The van der Waals surface area contributed by atoms with Gasteiger partial charge < -0.3 is 15.7 Å². The number of fused-ring (bicyclic) bond motifs is 1. The summed E-state index contributed by atoms with van der Waals surface area (Å²) in [5, 5.41) is 15.8. The Labute approximate surface area is 121 Å². The average Bonchev–Trinajstić information content (AvgIpc) is 2.28. The van der Waals surface area contributed by atoms with Gasteiger partial charge in [-0.25, -0.2) is 0 Å². The molecule has 1 atom stereocenters. The van der Waals surface area contributed by atoms with Crippen molar-refractivity contribution in [2.45, 2.75) is 32.4 Å². The van der Waals surface area contributed by atoms with Crippen LogP contribution in [0.2, 0.25) is 0 Å². The van der Waals surface area contributed by atoms with Gasteiger partial charge in [0.1, 0.15) is 0 Å². The Bertz CT molecular complexity index is 359. The van der Waals surface area contributed by atoms with E-state index in [0.29, 0.717) is 6.54 Å². The van der Waals surface area contributed by atoms with Crippen LogP contribution in [-0.4, -0.2) is 24.3 Å². The van der Waals surface area contributed by atoms with Gasteiger partial charge in [0.05, 0.1) is 6.10 Å². The zero-order chi connectivity index (χ0) is 11.4. The number of aryl methyl sites for hydroxylation is 1. The molecule has 1 aromatic carbocycles. The zero-order valence-electron chi connectivity index (χ0n) is 10.6. The molecule has 18 heavy (non-hydrogen) atoms. The topological polar surface area (TPSA) is 44.3 Å². The molecular formula is C13H22Cl2N2O. The lowest BCUT2D eigenvalue weighted by Crippen LogP contribution is -2.24. The van der Waals surface area contributed by atoms with Gasteiger partial charge in [-0.3, -0.25) is 0 Å². The van der Waals surface area contributed by atoms with Crippen molar-refractivity contribution >= 4 is 30.5 Å². The molecule has 0 saturated carbocycles. The monoisotopic (exact) mass is 292 g/mol. The molecule has 0 aromatic heterocycles. The van der Waals surface area contributed by atoms with E-state index in [0.717, 1.165) is 13.1 Å². The summed E-state index contributed by atoms with van der Waals surface area (Å²) in [6.07, 6.45) is 2.11. The van der Waals surface area contributed by atoms with Crippen LogP contribution in [0.15, 0.2) is 18.2 Å². The number of aliphatic hydroxyl groups is 1. The van der Waals surface area contributed by atoms with Crippen molar-refractivity contribution in [3.05, 3.63) is 29.3 Å². The molecule has 0 saturated heterocycles. The van der Waals surface area contributed by atoms with E-state index in [1.165, 1.54) is 29.7 Å². The number of halogens is 2. The molecule has 1 aliphatic heterocycles. The first kappa shape index (κ1) is 17.5. The molecule has 5 heteroatoms. The number of aliphatic hydroxyl groups excluding tert-OH is 1. The highest BCUT2D eigenvalue weighted by Gasteiger charge is 2.08. The second kappa shape index (κ2) is 8.59. The number of nitrogens with one attached hydrogen (secondary N) is 2. The second-order valence-corrected chi connectivity index (χ2v) is 4.50. The molecule has 1 aromatic rings. The highest BCUT2D eigenvalue weighted by molar-refractivity contribution is 5.85. The fraction of sp³-hybridized carbons (Fsp3) is 0.538. The molecule has 0 fully saturated rings. The van der Waals surface area contributed by atoms with Gasteiger partial charge in [0, 0.05) is 25.3 Å². The Balaban J connectivity index is 0.00000144. The fourth-order valence-corrected chi connectivity index (χ4v) is 2.06. The molecule has 0 spiro atoms. The van der Waals surface area contributed by atoms with Crippen molar-refractivity contribution in [2.24, 2.45) is 0 Å². The summed E-state index contributed by atoms with van der Waals surface area (Å²) in [5.74, 6) is 0. The minimum atomic E-state index is -0.278. The summed E-state index contributed by atoms with van der Waals surface area (Å²) in [6.45, 7) is 4.36. The predicted molar refractivity (Wildman–Crippen MR) is 81.1 cm³/mol. The Morgan fingerprint density at radius 3 is 2.89 bits per heavy atom. The smallest absolute Gasteiger partial charge is 0.0636 e. The summed E-state index contributed by atoms with van der Waals surface area (Å²) in [6, 6.07) is 6.57. The number of benzene rings is 1. The van der Waals surface area contributed by atoms with E-state index < -0.39 is 0 Å². The summed E-state index contributed by atoms with van der Waals surface area (Å²) < 4.78 is 0. The molecule has 1 aliphatic rings. The minimum absolute atomic E-state index is 0. The van der Waals surface area contributed by atoms with Gasteiger partial charge in [-0.15, -0.1) is 24.8 Å². The minimum Gasteiger partial charge on any atom is -0.392 e. The van der Waals surface area contributed by atoms with Crippen molar-refractivity contribution < 1.29 is 5.11 Å². The number of rotatable bonds is 4. The lowest BCUT2D eigenvalue weighted by atomic mass is 10.0. The largest absolute Gasteiger partial charge is 0.392 e. The molecule has 1 heterocycles. The van der Waals surface area contributed by atoms with Crippen LogP contribution in [-0.2, 0) is 13.0 Å². The molecule has 1 unspecified atom stereocenters. The highest BCUT2D eigenvalue weighted by atomic mass is 35.5. The Morgan fingerprint density at radius 2 is 2.17 bits per heavy atom. The molecule has 104 valence electrons. The molecule has 2 rings (SSSR count). The SMILES string of the molecule is CC(O)CNCc1ccc2c(c1)CCCN2.Cl.Cl. The van der Waals surface area contributed by atoms with Gasteiger partial charge in [-0.05, 0) is 37.0 Å². The van der Waals surface area contributed by atoms with Crippen molar-refractivity contribution in [3.63, 3.8) is 0 Å². The van der Waals surface area contributed by atoms with Crippen molar-refractivity contribution in [3.8, 4) is 0 Å². The van der Waals surface area contributed by atoms with E-state index in [-0.39, 0.29) is 30.9 Å². The predicted octanol–water partition coefficient (Wildman–Crippen LogP) is 2.36. The van der Waals surface area contributed by atoms with Crippen molar-refractivity contribution in [1.29, 1.82) is 0 Å². The van der Waals surface area contributed by atoms with Crippen LogP contribution in [0.25, 0.3) is 0 Å². The summed E-state index contributed by atoms with van der Waals surface area (Å²) in [7, 11) is 0. The lowest BCUT2D eigenvalue weighted by molar-refractivity contribution is 0.191. The van der Waals surface area contributed by atoms with Crippen LogP contribution in [0.1, 0.15) is 24.5 Å². The maximum absolute atomic E-state index is 9.15. The van der Waals surface area contributed by atoms with Crippen LogP contribution in [0, 0.1) is 0 Å². The number of hydrogen-bond donors (Lipinski definition) is 3. The Kier molecular flexibility index (Phi) is 8.36. The molecule has 0 amide bonds. The quantitative estimate of drug-likeness (QED) is 0.798. The number of hydrogen-bond acceptors (Lipinski definition) is 3. The van der Waals surface area contributed by atoms with Gasteiger partial charge in [-0.2, -0.15) is 0 Å². The normalized spacial score (nSPS) is 14.6. The van der Waals surface area contributed by atoms with Crippen LogP contribution in [0.5, 0.6) is 0 Å². The molecule has 0 radical (unpaired) electrons. The summed E-state index contributed by atoms with van der Waals surface area (Å²) >= 11 is 0. The van der Waals surface area contributed by atoms with E-state index in [4.69, 9.17) is 5.11 Å². The first-order valence-corrected chi connectivity index (χ1v) is 6.00. The first-order chi connectivity index (χ1) is 7.75. The molecule has 3 N–H and O–H groups in total. The van der Waals surface area contributed by atoms with Gasteiger partial charge in [-0.1, -0.05) is 12.1 Å². The Morgan fingerprint density at radius 1 is 1.39 bits per heavy atom. The molecule has 3 nitrogen and oxygen atoms in total. The highest BCUT2D eigenvalue weighted by Crippen LogP contribution is 2.22. The van der Waals surface area contributed by atoms with E-state index in [1.54, 1.807) is 6.92 Å². The average molecular weight is 293 g/mol. The first-order valence-electron chi connectivity index (χ1n) is 6.00. The van der Waals surface area contributed by atoms with Gasteiger partial charge >= 0.3 is 0 Å². The maximum Gasteiger partial charge on any atom is 0.0636 e. The molecule has 0 aliphatic carbocycles. The zero-order valence-corrected chi connectivity index (χ0v) is 12.2. The lowest BCUT2D eigenvalue weighted by Gasteiger charge is -2.18. The second-order valence-electron chi connectivity index (χ2n) is 4.50. The molecule has 0 bridgehead atoms. The van der Waals surface area contributed by atoms with Crippen LogP contribution < -0.4 is 10.6 Å². The summed E-state index contributed by atoms with van der Waals surface area (Å²) in [4.78, 5) is 0. The van der Waals surface area contributed by atoms with Crippen LogP contribution in [0.3, 0.4) is 0 Å². The standard InChI is InChI=1S/C13H20N2O.2ClH/c1-10(16)8-14-9-11-4-5-13-12(7-11)3-2-6-15-13;;/h4-5,7,10,14-16H,2-3,6,8-9H2,1H3;2*1H. The Hall–Kier alpha value is -0.480. The van der Waals surface area contributed by atoms with Gasteiger partial charge in [0.25, 0.3) is 0 Å². The van der Waals surface area contributed by atoms with Crippen LogP contribution >= 0.6 is 24.8 Å². The third-order valence-electron chi connectivity index (χ3n) is 2.88. The van der Waals surface area contributed by atoms with Gasteiger partial charge in [0.15, 0.2) is 0 Å². The van der Waals surface area contributed by atoms with Crippen molar-refractivity contribution in [2.75, 3.05) is 18.4 Å². The third kappa shape index (κ3) is 5.02. The number of anilines is 1. The van der Waals surface area contributed by atoms with E-state index in [9.17, 15) is 0 Å². The maximum atomic E-state index is 9.15. The van der Waals surface area contributed by atoms with E-state index in [2.05, 4.69) is 28.8 Å². The van der Waals surface area contributed by atoms with Crippen molar-refractivity contribution in [1.82, 2.24) is 5.32 Å².